The molecule has 6 nitrogen and oxygen atoms in total. The Labute approximate surface area is 165 Å². The molecule has 0 spiro atoms. The minimum atomic E-state index is -3.66. The monoisotopic (exact) mass is 424 g/mol. The summed E-state index contributed by atoms with van der Waals surface area (Å²) < 4.78 is 39.1. The maximum absolute atomic E-state index is 13.1. The number of rotatable bonds is 3. The van der Waals surface area contributed by atoms with E-state index in [0.29, 0.717) is 43.2 Å². The van der Waals surface area contributed by atoms with Crippen LogP contribution < -0.4 is 0 Å². The van der Waals surface area contributed by atoms with E-state index in [1.165, 1.54) is 15.2 Å². The molecule has 0 aliphatic carbocycles. The van der Waals surface area contributed by atoms with Gasteiger partial charge < -0.3 is 4.90 Å². The maximum atomic E-state index is 13.1. The SMILES string of the molecule is O=C(c1cccc(S(=O)(=O)N2CCc3sccc3C2)c1)N1CCS(=O)CC1. The highest BCUT2D eigenvalue weighted by molar-refractivity contribution is 7.89. The fraction of sp³-hybridized carbons (Fsp3) is 0.389. The van der Waals surface area contributed by atoms with Crippen LogP contribution in [0.2, 0.25) is 0 Å². The zero-order valence-corrected chi connectivity index (χ0v) is 17.1. The van der Waals surface area contributed by atoms with Crippen molar-refractivity contribution in [3.8, 4) is 0 Å². The minimum Gasteiger partial charge on any atom is -0.337 e. The van der Waals surface area contributed by atoms with Crippen LogP contribution in [0.1, 0.15) is 20.8 Å². The predicted molar refractivity (Wildman–Crippen MR) is 106 cm³/mol. The average molecular weight is 425 g/mol. The number of sulfonamides is 1. The molecule has 2 aliphatic rings. The fourth-order valence-electron chi connectivity index (χ4n) is 3.39. The van der Waals surface area contributed by atoms with Crippen molar-refractivity contribution in [1.82, 2.24) is 9.21 Å². The molecule has 4 rings (SSSR count). The standard InChI is InChI=1S/C18H20N2O4S3/c21-18(19-7-10-26(22)11-8-19)14-2-1-3-16(12-14)27(23,24)20-6-4-17-15(13-20)5-9-25-17/h1-3,5,9,12H,4,6-8,10-11,13H2. The second-order valence-corrected chi connectivity index (χ2v) is 11.3. The van der Waals surface area contributed by atoms with Gasteiger partial charge in [-0.1, -0.05) is 6.07 Å². The van der Waals surface area contributed by atoms with Gasteiger partial charge in [0.25, 0.3) is 5.91 Å². The molecular weight excluding hydrogens is 404 g/mol. The summed E-state index contributed by atoms with van der Waals surface area (Å²) in [5.74, 6) is 0.739. The van der Waals surface area contributed by atoms with Crippen LogP contribution in [0.25, 0.3) is 0 Å². The molecule has 0 radical (unpaired) electrons. The minimum absolute atomic E-state index is 0.146. The van der Waals surface area contributed by atoms with Gasteiger partial charge in [0, 0.05) is 58.9 Å². The van der Waals surface area contributed by atoms with Crippen LogP contribution in [-0.4, -0.2) is 58.9 Å². The quantitative estimate of drug-likeness (QED) is 0.752. The number of hydrogen-bond acceptors (Lipinski definition) is 5. The van der Waals surface area contributed by atoms with E-state index in [0.717, 1.165) is 12.0 Å². The lowest BCUT2D eigenvalue weighted by Gasteiger charge is -2.27. The Bertz CT molecular complexity index is 990. The van der Waals surface area contributed by atoms with Gasteiger partial charge in [-0.2, -0.15) is 4.31 Å². The fourth-order valence-corrected chi connectivity index (χ4v) is 6.80. The van der Waals surface area contributed by atoms with Gasteiger partial charge in [0.2, 0.25) is 10.0 Å². The first-order valence-electron chi connectivity index (χ1n) is 8.75. The van der Waals surface area contributed by atoms with E-state index in [1.54, 1.807) is 34.4 Å². The number of nitrogens with zero attached hydrogens (tertiary/aromatic N) is 2. The molecule has 0 saturated carbocycles. The van der Waals surface area contributed by atoms with E-state index in [2.05, 4.69) is 0 Å². The number of hydrogen-bond donors (Lipinski definition) is 0. The van der Waals surface area contributed by atoms with Crippen molar-refractivity contribution >= 4 is 38.1 Å². The lowest BCUT2D eigenvalue weighted by atomic mass is 10.1. The van der Waals surface area contributed by atoms with Crippen LogP contribution in [0.5, 0.6) is 0 Å². The summed E-state index contributed by atoms with van der Waals surface area (Å²) in [6.45, 7) is 1.70. The average Bonchev–Trinajstić information content (AvgIpc) is 3.16. The van der Waals surface area contributed by atoms with Gasteiger partial charge in [0.05, 0.1) is 4.90 Å². The van der Waals surface area contributed by atoms with Crippen molar-refractivity contribution in [3.63, 3.8) is 0 Å². The number of benzene rings is 1. The predicted octanol–water partition coefficient (Wildman–Crippen LogP) is 1.70. The van der Waals surface area contributed by atoms with Crippen LogP contribution in [0, 0.1) is 0 Å². The first kappa shape index (κ1) is 18.8. The largest absolute Gasteiger partial charge is 0.337 e. The molecule has 1 aromatic heterocycles. The van der Waals surface area contributed by atoms with Crippen molar-refractivity contribution in [2.24, 2.45) is 0 Å². The molecule has 9 heteroatoms. The van der Waals surface area contributed by atoms with Gasteiger partial charge in [0.1, 0.15) is 0 Å². The van der Waals surface area contributed by atoms with Gasteiger partial charge >= 0.3 is 0 Å². The van der Waals surface area contributed by atoms with E-state index in [-0.39, 0.29) is 10.8 Å². The Morgan fingerprint density at radius 3 is 2.67 bits per heavy atom. The molecule has 144 valence electrons. The number of carbonyl (C=O) groups excluding carboxylic acids is 1. The van der Waals surface area contributed by atoms with Gasteiger partial charge in [0.15, 0.2) is 0 Å². The van der Waals surface area contributed by atoms with Gasteiger partial charge in [-0.25, -0.2) is 8.42 Å². The number of carbonyl (C=O) groups is 1. The van der Waals surface area contributed by atoms with Crippen LogP contribution in [0.3, 0.4) is 0 Å². The molecule has 0 atom stereocenters. The third-order valence-corrected chi connectivity index (χ3v) is 9.10. The molecule has 1 amide bonds. The summed E-state index contributed by atoms with van der Waals surface area (Å²) >= 11 is 1.66. The van der Waals surface area contributed by atoms with Crippen LogP contribution in [0.15, 0.2) is 40.6 Å². The third kappa shape index (κ3) is 3.73. The van der Waals surface area contributed by atoms with Crippen molar-refractivity contribution in [2.75, 3.05) is 31.1 Å². The van der Waals surface area contributed by atoms with Crippen LogP contribution >= 0.6 is 11.3 Å². The Hall–Kier alpha value is -1.55. The summed E-state index contributed by atoms with van der Waals surface area (Å²) in [7, 11) is -4.53. The molecule has 27 heavy (non-hydrogen) atoms. The molecule has 1 saturated heterocycles. The number of amides is 1. The molecule has 1 fully saturated rings. The molecular formula is C18H20N2O4S3. The molecule has 0 bridgehead atoms. The van der Waals surface area contributed by atoms with Crippen molar-refractivity contribution in [3.05, 3.63) is 51.7 Å². The van der Waals surface area contributed by atoms with Gasteiger partial charge in [-0.3, -0.25) is 9.00 Å². The Morgan fingerprint density at radius 1 is 1.11 bits per heavy atom. The molecule has 0 unspecified atom stereocenters. The molecule has 2 aliphatic heterocycles. The smallest absolute Gasteiger partial charge is 0.253 e. The van der Waals surface area contributed by atoms with E-state index in [1.807, 2.05) is 11.4 Å². The lowest BCUT2D eigenvalue weighted by molar-refractivity contribution is 0.0771. The Kier molecular flexibility index (Phi) is 5.19. The molecule has 2 aromatic rings. The normalized spacial score (nSPS) is 19.0. The highest BCUT2D eigenvalue weighted by Crippen LogP contribution is 2.28. The van der Waals surface area contributed by atoms with Crippen LogP contribution in [0.4, 0.5) is 0 Å². The highest BCUT2D eigenvalue weighted by atomic mass is 32.2. The number of thiophene rings is 1. The first-order valence-corrected chi connectivity index (χ1v) is 12.6. The molecule has 0 N–H and O–H groups in total. The van der Waals surface area contributed by atoms with E-state index < -0.39 is 20.8 Å². The third-order valence-electron chi connectivity index (χ3n) is 4.96. The van der Waals surface area contributed by atoms with E-state index >= 15 is 0 Å². The Morgan fingerprint density at radius 2 is 1.89 bits per heavy atom. The van der Waals surface area contributed by atoms with Crippen molar-refractivity contribution in [1.29, 1.82) is 0 Å². The van der Waals surface area contributed by atoms with Crippen molar-refractivity contribution < 1.29 is 17.4 Å². The van der Waals surface area contributed by atoms with Crippen LogP contribution in [-0.2, 0) is 33.8 Å². The highest BCUT2D eigenvalue weighted by Gasteiger charge is 2.30. The second kappa shape index (κ2) is 7.46. The lowest BCUT2D eigenvalue weighted by Crippen LogP contribution is -2.41. The summed E-state index contributed by atoms with van der Waals surface area (Å²) in [4.78, 5) is 15.7. The van der Waals surface area contributed by atoms with Crippen molar-refractivity contribution in [2.45, 2.75) is 17.9 Å². The zero-order valence-electron chi connectivity index (χ0n) is 14.7. The molecule has 1 aromatic carbocycles. The van der Waals surface area contributed by atoms with E-state index in [4.69, 9.17) is 0 Å². The topological polar surface area (TPSA) is 74.8 Å². The first-order chi connectivity index (χ1) is 12.9. The summed E-state index contributed by atoms with van der Waals surface area (Å²) in [5.41, 5.74) is 1.42. The molecule has 3 heterocycles. The van der Waals surface area contributed by atoms with Gasteiger partial charge in [-0.05, 0) is 41.6 Å². The summed E-state index contributed by atoms with van der Waals surface area (Å²) in [5, 5.41) is 1.99. The second-order valence-electron chi connectivity index (χ2n) is 6.63. The van der Waals surface area contributed by atoms with Gasteiger partial charge in [-0.15, -0.1) is 11.3 Å². The van der Waals surface area contributed by atoms with E-state index in [9.17, 15) is 17.4 Å². The zero-order chi connectivity index (χ0) is 19.0. The summed E-state index contributed by atoms with van der Waals surface area (Å²) in [6.07, 6.45) is 0.718. The Balaban J connectivity index is 1.56. The summed E-state index contributed by atoms with van der Waals surface area (Å²) in [6, 6.07) is 8.23. The maximum Gasteiger partial charge on any atom is 0.253 e. The number of fused-ring (bicyclic) bond motifs is 1.